The quantitative estimate of drug-likeness (QED) is 0.514. The number of dihydropyridines is 1. The zero-order chi connectivity index (χ0) is 6.10. The summed E-state index contributed by atoms with van der Waals surface area (Å²) in [4.78, 5) is 0. The Hall–Kier alpha value is -1.18. The van der Waals surface area contributed by atoms with Gasteiger partial charge in [0.05, 0.1) is 6.26 Å². The molecule has 2 aliphatic heterocycles. The Kier molecular flexibility index (Phi) is 0.859. The Morgan fingerprint density at radius 1 is 1.56 bits per heavy atom. The smallest absolute Gasteiger partial charge is 0.115 e. The molecule has 2 heteroatoms. The van der Waals surface area contributed by atoms with Gasteiger partial charge in [-0.15, -0.1) is 0 Å². The minimum absolute atomic E-state index is 0.715. The van der Waals surface area contributed by atoms with Gasteiger partial charge in [0, 0.05) is 23.5 Å². The van der Waals surface area contributed by atoms with Crippen molar-refractivity contribution in [3.8, 4) is 0 Å². The lowest BCUT2D eigenvalue weighted by atomic mass is 10.1. The van der Waals surface area contributed by atoms with Gasteiger partial charge in [0.1, 0.15) is 6.61 Å². The fraction of sp³-hybridized carbons (Fsp3) is 0.143. The van der Waals surface area contributed by atoms with Gasteiger partial charge >= 0.3 is 0 Å². The standard InChI is InChI=1S/C7H7NO/c1-2-8-3-7-5-9-4-6(1)7/h1-4,8H,5H2. The van der Waals surface area contributed by atoms with Crippen LogP contribution in [0, 0.1) is 0 Å². The number of nitrogens with one attached hydrogen (secondary N) is 1. The van der Waals surface area contributed by atoms with Crippen molar-refractivity contribution in [2.24, 2.45) is 0 Å². The van der Waals surface area contributed by atoms with E-state index in [0.29, 0.717) is 6.61 Å². The highest BCUT2D eigenvalue weighted by molar-refractivity contribution is 5.43. The van der Waals surface area contributed by atoms with Crippen molar-refractivity contribution in [2.75, 3.05) is 6.61 Å². The van der Waals surface area contributed by atoms with Gasteiger partial charge in [-0.2, -0.15) is 0 Å². The molecule has 9 heavy (non-hydrogen) atoms. The first kappa shape index (κ1) is 4.68. The van der Waals surface area contributed by atoms with Crippen molar-refractivity contribution in [1.29, 1.82) is 0 Å². The number of hydrogen-bond donors (Lipinski definition) is 1. The SMILES string of the molecule is C1=CC2=COCC2=CN1. The van der Waals surface area contributed by atoms with Crippen molar-refractivity contribution >= 4 is 0 Å². The molecule has 0 saturated carbocycles. The number of allylic oxidation sites excluding steroid dienone is 1. The van der Waals surface area contributed by atoms with Crippen LogP contribution in [0.25, 0.3) is 0 Å². The van der Waals surface area contributed by atoms with Gasteiger partial charge in [-0.1, -0.05) is 0 Å². The maximum absolute atomic E-state index is 5.07. The Balaban J connectivity index is 2.37. The van der Waals surface area contributed by atoms with Crippen LogP contribution in [0.5, 0.6) is 0 Å². The van der Waals surface area contributed by atoms with Gasteiger partial charge in [-0.05, 0) is 6.08 Å². The molecule has 0 aromatic rings. The van der Waals surface area contributed by atoms with E-state index in [4.69, 9.17) is 4.74 Å². The Labute approximate surface area is 53.5 Å². The summed E-state index contributed by atoms with van der Waals surface area (Å²) >= 11 is 0. The van der Waals surface area contributed by atoms with E-state index in [1.54, 1.807) is 6.26 Å². The monoisotopic (exact) mass is 121 g/mol. The van der Waals surface area contributed by atoms with Crippen LogP contribution in [0.2, 0.25) is 0 Å². The average Bonchev–Trinajstić information content (AvgIpc) is 2.33. The minimum atomic E-state index is 0.715. The fourth-order valence-corrected chi connectivity index (χ4v) is 0.938. The molecule has 0 aromatic carbocycles. The second-order valence-electron chi connectivity index (χ2n) is 2.05. The summed E-state index contributed by atoms with van der Waals surface area (Å²) in [5, 5.41) is 2.99. The third-order valence-electron chi connectivity index (χ3n) is 1.44. The van der Waals surface area contributed by atoms with Crippen molar-refractivity contribution in [1.82, 2.24) is 5.32 Å². The van der Waals surface area contributed by atoms with Crippen molar-refractivity contribution in [3.63, 3.8) is 0 Å². The first-order valence-corrected chi connectivity index (χ1v) is 2.90. The van der Waals surface area contributed by atoms with Gasteiger partial charge in [0.25, 0.3) is 0 Å². The summed E-state index contributed by atoms with van der Waals surface area (Å²) in [7, 11) is 0. The van der Waals surface area contributed by atoms with Crippen LogP contribution in [0.1, 0.15) is 0 Å². The van der Waals surface area contributed by atoms with Crippen LogP contribution in [-0.2, 0) is 4.74 Å². The summed E-state index contributed by atoms with van der Waals surface area (Å²) in [5.41, 5.74) is 2.42. The molecule has 0 spiro atoms. The Morgan fingerprint density at radius 2 is 2.56 bits per heavy atom. The average molecular weight is 121 g/mol. The van der Waals surface area contributed by atoms with Crippen LogP contribution in [0.4, 0.5) is 0 Å². The van der Waals surface area contributed by atoms with E-state index in [0.717, 1.165) is 0 Å². The lowest BCUT2D eigenvalue weighted by Gasteiger charge is -2.02. The van der Waals surface area contributed by atoms with E-state index in [9.17, 15) is 0 Å². The molecule has 0 bridgehead atoms. The maximum atomic E-state index is 5.07. The second-order valence-corrected chi connectivity index (χ2v) is 2.05. The number of rotatable bonds is 0. The van der Waals surface area contributed by atoms with Gasteiger partial charge in [0.15, 0.2) is 0 Å². The third-order valence-corrected chi connectivity index (χ3v) is 1.44. The molecule has 0 amide bonds. The van der Waals surface area contributed by atoms with Gasteiger partial charge in [-0.25, -0.2) is 0 Å². The maximum Gasteiger partial charge on any atom is 0.115 e. The molecule has 0 unspecified atom stereocenters. The van der Waals surface area contributed by atoms with Crippen LogP contribution in [0.15, 0.2) is 35.9 Å². The summed E-state index contributed by atoms with van der Waals surface area (Å²) in [5.74, 6) is 0. The first-order chi connectivity index (χ1) is 4.47. The molecule has 46 valence electrons. The fourth-order valence-electron chi connectivity index (χ4n) is 0.938. The zero-order valence-corrected chi connectivity index (χ0v) is 4.92. The molecule has 0 aliphatic carbocycles. The van der Waals surface area contributed by atoms with Gasteiger partial charge in [0.2, 0.25) is 0 Å². The molecule has 1 N–H and O–H groups in total. The largest absolute Gasteiger partial charge is 0.496 e. The van der Waals surface area contributed by atoms with E-state index in [-0.39, 0.29) is 0 Å². The van der Waals surface area contributed by atoms with Crippen LogP contribution in [0.3, 0.4) is 0 Å². The summed E-state index contributed by atoms with van der Waals surface area (Å²) in [6, 6.07) is 0. The van der Waals surface area contributed by atoms with E-state index < -0.39 is 0 Å². The molecule has 0 fully saturated rings. The minimum Gasteiger partial charge on any atom is -0.496 e. The van der Waals surface area contributed by atoms with Gasteiger partial charge in [-0.3, -0.25) is 0 Å². The summed E-state index contributed by atoms with van der Waals surface area (Å²) in [6.07, 6.45) is 7.63. The molecule has 0 atom stereocenters. The van der Waals surface area contributed by atoms with Crippen molar-refractivity contribution in [2.45, 2.75) is 0 Å². The topological polar surface area (TPSA) is 21.3 Å². The number of hydrogen-bond acceptors (Lipinski definition) is 2. The van der Waals surface area contributed by atoms with E-state index in [1.807, 2.05) is 18.5 Å². The Bertz CT molecular complexity index is 213. The molecule has 0 saturated heterocycles. The lowest BCUT2D eigenvalue weighted by molar-refractivity contribution is 0.301. The molecular weight excluding hydrogens is 114 g/mol. The van der Waals surface area contributed by atoms with Gasteiger partial charge < -0.3 is 10.1 Å². The zero-order valence-electron chi connectivity index (χ0n) is 4.92. The predicted molar refractivity (Wildman–Crippen MR) is 34.4 cm³/mol. The number of ether oxygens (including phenoxy) is 1. The van der Waals surface area contributed by atoms with E-state index >= 15 is 0 Å². The van der Waals surface area contributed by atoms with E-state index in [2.05, 4.69) is 5.32 Å². The molecule has 0 radical (unpaired) electrons. The van der Waals surface area contributed by atoms with E-state index in [1.165, 1.54) is 11.1 Å². The van der Waals surface area contributed by atoms with Crippen LogP contribution in [-0.4, -0.2) is 6.61 Å². The van der Waals surface area contributed by atoms with Crippen molar-refractivity contribution < 1.29 is 4.74 Å². The molecule has 2 heterocycles. The predicted octanol–water partition coefficient (Wildman–Crippen LogP) is 0.901. The molecule has 2 aliphatic rings. The molecule has 0 aromatic heterocycles. The molecule has 2 nitrogen and oxygen atoms in total. The summed E-state index contributed by atoms with van der Waals surface area (Å²) < 4.78 is 5.07. The Morgan fingerprint density at radius 3 is 3.44 bits per heavy atom. The highest BCUT2D eigenvalue weighted by Crippen LogP contribution is 2.19. The molecule has 2 rings (SSSR count). The highest BCUT2D eigenvalue weighted by atomic mass is 16.5. The lowest BCUT2D eigenvalue weighted by Crippen LogP contribution is -2.02. The second kappa shape index (κ2) is 1.65. The van der Waals surface area contributed by atoms with Crippen LogP contribution >= 0.6 is 0 Å². The number of fused-ring (bicyclic) bond motifs is 1. The van der Waals surface area contributed by atoms with Crippen LogP contribution < -0.4 is 5.32 Å². The third kappa shape index (κ3) is 0.633. The normalized spacial score (nSPS) is 21.3. The summed E-state index contributed by atoms with van der Waals surface area (Å²) in [6.45, 7) is 0.715. The molecular formula is C7H7NO. The first-order valence-electron chi connectivity index (χ1n) is 2.90. The highest BCUT2D eigenvalue weighted by Gasteiger charge is 2.10. The van der Waals surface area contributed by atoms with Crippen molar-refractivity contribution in [3.05, 3.63) is 35.9 Å².